The van der Waals surface area contributed by atoms with Crippen LogP contribution in [0, 0.1) is 0 Å². The summed E-state index contributed by atoms with van der Waals surface area (Å²) in [4.78, 5) is 4.75. The Morgan fingerprint density at radius 1 is 1.00 bits per heavy atom. The van der Waals surface area contributed by atoms with Crippen molar-refractivity contribution < 1.29 is 4.74 Å². The van der Waals surface area contributed by atoms with Gasteiger partial charge >= 0.3 is 0 Å². The molecule has 2 aromatic carbocycles. The van der Waals surface area contributed by atoms with Gasteiger partial charge in [0.25, 0.3) is 0 Å². The fraction of sp³-hybridized carbons (Fsp3) is 0.333. The fourth-order valence-corrected chi connectivity index (χ4v) is 3.68. The lowest BCUT2D eigenvalue weighted by atomic mass is 10.0. The highest BCUT2D eigenvalue weighted by atomic mass is 32.2. The van der Waals surface area contributed by atoms with Crippen molar-refractivity contribution >= 4 is 11.8 Å². The predicted octanol–water partition coefficient (Wildman–Crippen LogP) is 4.61. The topological polar surface area (TPSA) is 12.5 Å². The molecular formula is C18H21NOS. The van der Waals surface area contributed by atoms with Crippen molar-refractivity contribution in [2.45, 2.75) is 28.7 Å². The smallest absolute Gasteiger partial charge is 0.134 e. The summed E-state index contributed by atoms with van der Waals surface area (Å²) in [6.07, 6.45) is 2.33. The third-order valence-electron chi connectivity index (χ3n) is 3.68. The number of nitrogens with zero attached hydrogens (tertiary/aromatic N) is 1. The van der Waals surface area contributed by atoms with Crippen LogP contribution in [-0.2, 0) is 0 Å². The molecule has 3 heteroatoms. The van der Waals surface area contributed by atoms with Crippen LogP contribution in [0.1, 0.15) is 24.5 Å². The van der Waals surface area contributed by atoms with Crippen molar-refractivity contribution in [1.82, 2.24) is 4.90 Å². The Balaban J connectivity index is 1.88. The van der Waals surface area contributed by atoms with E-state index in [1.165, 1.54) is 15.4 Å². The molecule has 0 saturated carbocycles. The maximum atomic E-state index is 6.33. The van der Waals surface area contributed by atoms with E-state index >= 15 is 0 Å². The first-order valence-corrected chi connectivity index (χ1v) is 8.23. The van der Waals surface area contributed by atoms with Gasteiger partial charge in [-0.05, 0) is 51.7 Å². The molecule has 1 atom stereocenters. The summed E-state index contributed by atoms with van der Waals surface area (Å²) in [6, 6.07) is 17.0. The Hall–Kier alpha value is -1.45. The van der Waals surface area contributed by atoms with E-state index in [-0.39, 0.29) is 6.10 Å². The summed E-state index contributed by atoms with van der Waals surface area (Å²) < 4.78 is 6.33. The lowest BCUT2D eigenvalue weighted by Crippen LogP contribution is -2.15. The molecule has 0 N–H and O–H groups in total. The van der Waals surface area contributed by atoms with E-state index in [1.807, 2.05) is 17.8 Å². The van der Waals surface area contributed by atoms with Crippen molar-refractivity contribution in [3.8, 4) is 5.75 Å². The number of para-hydroxylation sites is 1. The Bertz CT molecular complexity index is 612. The second-order valence-electron chi connectivity index (χ2n) is 5.64. The Morgan fingerprint density at radius 2 is 1.71 bits per heavy atom. The maximum Gasteiger partial charge on any atom is 0.134 e. The molecule has 0 saturated heterocycles. The van der Waals surface area contributed by atoms with Gasteiger partial charge in [-0.25, -0.2) is 0 Å². The average molecular weight is 299 g/mol. The van der Waals surface area contributed by atoms with Crippen molar-refractivity contribution in [2.24, 2.45) is 0 Å². The monoisotopic (exact) mass is 299 g/mol. The number of hydrogen-bond acceptors (Lipinski definition) is 3. The molecule has 1 aliphatic rings. The third-order valence-corrected chi connectivity index (χ3v) is 4.82. The normalized spacial score (nSPS) is 16.8. The Labute approximate surface area is 131 Å². The van der Waals surface area contributed by atoms with Gasteiger partial charge in [0.1, 0.15) is 11.9 Å². The number of ether oxygens (including phenoxy) is 1. The van der Waals surface area contributed by atoms with Gasteiger partial charge in [-0.15, -0.1) is 0 Å². The molecule has 0 radical (unpaired) electrons. The molecule has 1 aliphatic heterocycles. The van der Waals surface area contributed by atoms with Gasteiger partial charge in [-0.1, -0.05) is 42.1 Å². The first-order valence-electron chi connectivity index (χ1n) is 7.41. The fourth-order valence-electron chi connectivity index (χ4n) is 2.61. The number of fused-ring (bicyclic) bond motifs is 2. The average Bonchev–Trinajstić information content (AvgIpc) is 2.63. The van der Waals surface area contributed by atoms with Gasteiger partial charge in [0, 0.05) is 10.5 Å². The minimum atomic E-state index is 0.150. The first kappa shape index (κ1) is 14.5. The van der Waals surface area contributed by atoms with Crippen LogP contribution >= 0.6 is 11.8 Å². The molecule has 1 heterocycles. The van der Waals surface area contributed by atoms with Crippen LogP contribution in [0.25, 0.3) is 0 Å². The molecule has 1 unspecified atom stereocenters. The Kier molecular flexibility index (Phi) is 4.51. The molecule has 2 aromatic rings. The highest BCUT2D eigenvalue weighted by Gasteiger charge is 2.22. The standard InChI is InChI=1S/C18H21NOS/c1-19(2)13-7-10-15-14-8-3-5-11-17(14)21-18-12-6-4-9-16(18)20-15/h3-6,8-9,11-12,15H,7,10,13H2,1-2H3. The van der Waals surface area contributed by atoms with Gasteiger partial charge < -0.3 is 9.64 Å². The van der Waals surface area contributed by atoms with Gasteiger partial charge in [0.05, 0.1) is 4.90 Å². The summed E-state index contributed by atoms with van der Waals surface area (Å²) in [5.74, 6) is 1.01. The van der Waals surface area contributed by atoms with E-state index in [1.54, 1.807) is 0 Å². The predicted molar refractivity (Wildman–Crippen MR) is 88.2 cm³/mol. The number of rotatable bonds is 4. The van der Waals surface area contributed by atoms with Crippen LogP contribution in [0.15, 0.2) is 58.3 Å². The molecule has 21 heavy (non-hydrogen) atoms. The van der Waals surface area contributed by atoms with E-state index in [0.717, 1.165) is 25.1 Å². The third kappa shape index (κ3) is 3.42. The van der Waals surface area contributed by atoms with E-state index < -0.39 is 0 Å². The molecular weight excluding hydrogens is 278 g/mol. The summed E-state index contributed by atoms with van der Waals surface area (Å²) in [5.41, 5.74) is 1.32. The van der Waals surface area contributed by atoms with Gasteiger partial charge in [-0.3, -0.25) is 0 Å². The summed E-state index contributed by atoms with van der Waals surface area (Å²) in [7, 11) is 4.24. The zero-order chi connectivity index (χ0) is 14.7. The minimum absolute atomic E-state index is 0.150. The van der Waals surface area contributed by atoms with E-state index in [2.05, 4.69) is 61.5 Å². The zero-order valence-electron chi connectivity index (χ0n) is 12.6. The molecule has 0 spiro atoms. The zero-order valence-corrected chi connectivity index (χ0v) is 13.4. The van der Waals surface area contributed by atoms with Gasteiger partial charge in [0.15, 0.2) is 0 Å². The Morgan fingerprint density at radius 3 is 2.52 bits per heavy atom. The van der Waals surface area contributed by atoms with Crippen LogP contribution in [-0.4, -0.2) is 25.5 Å². The number of benzene rings is 2. The first-order chi connectivity index (χ1) is 10.2. The maximum absolute atomic E-state index is 6.33. The van der Waals surface area contributed by atoms with Crippen molar-refractivity contribution in [3.05, 3.63) is 54.1 Å². The van der Waals surface area contributed by atoms with Crippen LogP contribution in [0.2, 0.25) is 0 Å². The van der Waals surface area contributed by atoms with Crippen molar-refractivity contribution in [2.75, 3.05) is 20.6 Å². The van der Waals surface area contributed by atoms with Crippen LogP contribution in [0.5, 0.6) is 5.75 Å². The summed E-state index contributed by atoms with van der Waals surface area (Å²) >= 11 is 1.81. The molecule has 3 rings (SSSR count). The van der Waals surface area contributed by atoms with Crippen LogP contribution < -0.4 is 4.74 Å². The number of hydrogen-bond donors (Lipinski definition) is 0. The molecule has 0 aromatic heterocycles. The van der Waals surface area contributed by atoms with E-state index in [4.69, 9.17) is 4.74 Å². The molecule has 0 bridgehead atoms. The summed E-state index contributed by atoms with van der Waals surface area (Å²) in [6.45, 7) is 1.09. The van der Waals surface area contributed by atoms with Crippen LogP contribution in [0.3, 0.4) is 0 Å². The molecule has 110 valence electrons. The van der Waals surface area contributed by atoms with E-state index in [9.17, 15) is 0 Å². The van der Waals surface area contributed by atoms with Gasteiger partial charge in [-0.2, -0.15) is 0 Å². The molecule has 0 fully saturated rings. The lowest BCUT2D eigenvalue weighted by molar-refractivity contribution is 0.181. The highest BCUT2D eigenvalue weighted by molar-refractivity contribution is 7.99. The molecule has 0 aliphatic carbocycles. The second-order valence-corrected chi connectivity index (χ2v) is 6.72. The largest absolute Gasteiger partial charge is 0.485 e. The quantitative estimate of drug-likeness (QED) is 0.818. The van der Waals surface area contributed by atoms with Crippen molar-refractivity contribution in [1.29, 1.82) is 0 Å². The van der Waals surface area contributed by atoms with Crippen molar-refractivity contribution in [3.63, 3.8) is 0 Å². The summed E-state index contributed by atoms with van der Waals surface area (Å²) in [5, 5.41) is 0. The molecule has 0 amide bonds. The SMILES string of the molecule is CN(C)CCCC1Oc2ccccc2Sc2ccccc21. The minimum Gasteiger partial charge on any atom is -0.485 e. The van der Waals surface area contributed by atoms with E-state index in [0.29, 0.717) is 0 Å². The second kappa shape index (κ2) is 6.54. The van der Waals surface area contributed by atoms with Crippen LogP contribution in [0.4, 0.5) is 0 Å². The highest BCUT2D eigenvalue weighted by Crippen LogP contribution is 2.44. The van der Waals surface area contributed by atoms with Gasteiger partial charge in [0.2, 0.25) is 0 Å². The molecule has 2 nitrogen and oxygen atoms in total. The lowest BCUT2D eigenvalue weighted by Gasteiger charge is -2.20.